The quantitative estimate of drug-likeness (QED) is 0.614. The summed E-state index contributed by atoms with van der Waals surface area (Å²) in [7, 11) is 1.30. The van der Waals surface area contributed by atoms with Gasteiger partial charge in [-0.2, -0.15) is 0 Å². The summed E-state index contributed by atoms with van der Waals surface area (Å²) in [6.45, 7) is 1.33. The van der Waals surface area contributed by atoms with E-state index in [1.165, 1.54) is 14.0 Å². The number of rotatable bonds is 4. The van der Waals surface area contributed by atoms with E-state index in [1.807, 2.05) is 0 Å². The van der Waals surface area contributed by atoms with E-state index >= 15 is 0 Å². The van der Waals surface area contributed by atoms with Gasteiger partial charge in [0.2, 0.25) is 0 Å². The minimum atomic E-state index is -0.681. The Morgan fingerprint density at radius 1 is 1.29 bits per heavy atom. The predicted octanol–water partition coefficient (Wildman–Crippen LogP) is 0.655. The molecule has 0 fully saturated rings. The monoisotopic (exact) mass is 237 g/mol. The van der Waals surface area contributed by atoms with Gasteiger partial charge in [-0.3, -0.25) is 9.59 Å². The van der Waals surface area contributed by atoms with E-state index in [0.717, 1.165) is 5.56 Å². The van der Waals surface area contributed by atoms with Gasteiger partial charge in [0.25, 0.3) is 0 Å². The molecule has 0 amide bonds. The zero-order valence-electron chi connectivity index (χ0n) is 9.80. The highest BCUT2D eigenvalue weighted by atomic mass is 16.5. The average Bonchev–Trinajstić information content (AvgIpc) is 2.30. The van der Waals surface area contributed by atoms with Crippen molar-refractivity contribution in [2.45, 2.75) is 19.4 Å². The fraction of sp³-hybridized carbons (Fsp3) is 0.333. The van der Waals surface area contributed by atoms with Crippen LogP contribution in [0.4, 0.5) is 0 Å². The molecular formula is C12H15NO4. The summed E-state index contributed by atoms with van der Waals surface area (Å²) in [5.74, 6) is -0.356. The van der Waals surface area contributed by atoms with E-state index in [9.17, 15) is 9.59 Å². The van der Waals surface area contributed by atoms with Crippen molar-refractivity contribution >= 4 is 11.9 Å². The predicted molar refractivity (Wildman–Crippen MR) is 61.4 cm³/mol. The highest BCUT2D eigenvalue weighted by molar-refractivity contribution is 5.75. The molecule has 0 bridgehead atoms. The van der Waals surface area contributed by atoms with E-state index in [1.54, 1.807) is 24.3 Å². The normalized spacial score (nSPS) is 11.7. The van der Waals surface area contributed by atoms with Crippen LogP contribution in [-0.2, 0) is 20.7 Å². The minimum Gasteiger partial charge on any atom is -0.468 e. The molecular weight excluding hydrogens is 222 g/mol. The highest BCUT2D eigenvalue weighted by Gasteiger charge is 2.14. The van der Waals surface area contributed by atoms with Gasteiger partial charge in [-0.25, -0.2) is 0 Å². The molecule has 0 unspecified atom stereocenters. The zero-order valence-corrected chi connectivity index (χ0v) is 9.80. The van der Waals surface area contributed by atoms with Crippen LogP contribution in [0.3, 0.4) is 0 Å². The largest absolute Gasteiger partial charge is 0.468 e. The molecule has 0 heterocycles. The number of benzene rings is 1. The molecule has 0 saturated heterocycles. The van der Waals surface area contributed by atoms with Gasteiger partial charge in [-0.05, 0) is 24.1 Å². The Labute approximate surface area is 99.5 Å². The van der Waals surface area contributed by atoms with Crippen molar-refractivity contribution in [1.29, 1.82) is 0 Å². The van der Waals surface area contributed by atoms with Crippen molar-refractivity contribution in [3.63, 3.8) is 0 Å². The van der Waals surface area contributed by atoms with Gasteiger partial charge in [0.1, 0.15) is 11.8 Å². The fourth-order valence-corrected chi connectivity index (χ4v) is 1.35. The van der Waals surface area contributed by atoms with E-state index in [2.05, 4.69) is 4.74 Å². The Morgan fingerprint density at radius 3 is 2.35 bits per heavy atom. The van der Waals surface area contributed by atoms with E-state index in [4.69, 9.17) is 10.5 Å². The molecule has 1 rings (SSSR count). The lowest BCUT2D eigenvalue weighted by molar-refractivity contribution is -0.142. The molecule has 0 aliphatic carbocycles. The van der Waals surface area contributed by atoms with E-state index < -0.39 is 12.0 Å². The van der Waals surface area contributed by atoms with Crippen LogP contribution in [0.1, 0.15) is 12.5 Å². The molecule has 2 N–H and O–H groups in total. The Balaban J connectivity index is 2.62. The third-order valence-corrected chi connectivity index (χ3v) is 2.14. The maximum atomic E-state index is 11.1. The third-order valence-electron chi connectivity index (χ3n) is 2.14. The van der Waals surface area contributed by atoms with Crippen molar-refractivity contribution in [2.75, 3.05) is 7.11 Å². The molecule has 1 aromatic rings. The topological polar surface area (TPSA) is 78.6 Å². The van der Waals surface area contributed by atoms with Gasteiger partial charge >= 0.3 is 11.9 Å². The number of carbonyl (C=O) groups excluding carboxylic acids is 2. The Bertz CT molecular complexity index is 399. The summed E-state index contributed by atoms with van der Waals surface area (Å²) in [6, 6.07) is 6.13. The van der Waals surface area contributed by atoms with Gasteiger partial charge in [-0.1, -0.05) is 12.1 Å². The number of methoxy groups -OCH3 is 1. The Hall–Kier alpha value is -1.88. The molecule has 0 aromatic heterocycles. The van der Waals surface area contributed by atoms with Crippen molar-refractivity contribution in [2.24, 2.45) is 5.73 Å². The van der Waals surface area contributed by atoms with Gasteiger partial charge in [0.15, 0.2) is 0 Å². The van der Waals surface area contributed by atoms with Crippen LogP contribution in [0.25, 0.3) is 0 Å². The molecule has 0 radical (unpaired) electrons. The van der Waals surface area contributed by atoms with Crippen molar-refractivity contribution < 1.29 is 19.1 Å². The molecule has 92 valence electrons. The molecule has 0 spiro atoms. The first kappa shape index (κ1) is 13.2. The summed E-state index contributed by atoms with van der Waals surface area (Å²) in [6.07, 6.45) is 0.382. The summed E-state index contributed by atoms with van der Waals surface area (Å²) in [5.41, 5.74) is 6.49. The van der Waals surface area contributed by atoms with Gasteiger partial charge in [0, 0.05) is 6.92 Å². The van der Waals surface area contributed by atoms with Crippen LogP contribution < -0.4 is 10.5 Å². The molecule has 1 atom stereocenters. The number of nitrogens with two attached hydrogens (primary N) is 1. The lowest BCUT2D eigenvalue weighted by Gasteiger charge is -2.09. The maximum absolute atomic E-state index is 11.1. The van der Waals surface area contributed by atoms with Crippen molar-refractivity contribution in [3.8, 4) is 5.75 Å². The number of hydrogen-bond acceptors (Lipinski definition) is 5. The SMILES string of the molecule is COC(=O)[C@@H](N)Cc1ccc(OC(C)=O)cc1. The van der Waals surface area contributed by atoms with Crippen LogP contribution in [0, 0.1) is 0 Å². The van der Waals surface area contributed by atoms with Crippen molar-refractivity contribution in [1.82, 2.24) is 0 Å². The summed E-state index contributed by atoms with van der Waals surface area (Å²) >= 11 is 0. The van der Waals surface area contributed by atoms with Crippen LogP contribution in [0.5, 0.6) is 5.75 Å². The van der Waals surface area contributed by atoms with E-state index in [-0.39, 0.29) is 5.97 Å². The lowest BCUT2D eigenvalue weighted by Crippen LogP contribution is -2.33. The Kier molecular flexibility index (Phi) is 4.66. The Morgan fingerprint density at radius 2 is 1.88 bits per heavy atom. The first-order chi connectivity index (χ1) is 8.02. The van der Waals surface area contributed by atoms with Gasteiger partial charge < -0.3 is 15.2 Å². The first-order valence-corrected chi connectivity index (χ1v) is 5.13. The number of ether oxygens (including phenoxy) is 2. The zero-order chi connectivity index (χ0) is 12.8. The number of carbonyl (C=O) groups is 2. The maximum Gasteiger partial charge on any atom is 0.322 e. The molecule has 5 nitrogen and oxygen atoms in total. The molecule has 0 saturated carbocycles. The van der Waals surface area contributed by atoms with Crippen LogP contribution >= 0.6 is 0 Å². The molecule has 5 heteroatoms. The molecule has 17 heavy (non-hydrogen) atoms. The number of esters is 2. The van der Waals surface area contributed by atoms with Crippen LogP contribution in [0.15, 0.2) is 24.3 Å². The summed E-state index contributed by atoms with van der Waals surface area (Å²) < 4.78 is 9.41. The molecule has 1 aromatic carbocycles. The molecule has 0 aliphatic rings. The average molecular weight is 237 g/mol. The second-order valence-corrected chi connectivity index (χ2v) is 3.57. The highest BCUT2D eigenvalue weighted by Crippen LogP contribution is 2.13. The fourth-order valence-electron chi connectivity index (χ4n) is 1.35. The molecule has 0 aliphatic heterocycles. The summed E-state index contributed by atoms with van der Waals surface area (Å²) in [4.78, 5) is 21.8. The van der Waals surface area contributed by atoms with E-state index in [0.29, 0.717) is 12.2 Å². The standard InChI is InChI=1S/C12H15NO4/c1-8(14)17-10-5-3-9(4-6-10)7-11(13)12(15)16-2/h3-6,11H,7,13H2,1-2H3/t11-/m0/s1. The van der Waals surface area contributed by atoms with Crippen molar-refractivity contribution in [3.05, 3.63) is 29.8 Å². The first-order valence-electron chi connectivity index (χ1n) is 5.13. The summed E-state index contributed by atoms with van der Waals surface area (Å²) in [5, 5.41) is 0. The second-order valence-electron chi connectivity index (χ2n) is 3.57. The third kappa shape index (κ3) is 4.24. The van der Waals surface area contributed by atoms with Gasteiger partial charge in [0.05, 0.1) is 7.11 Å². The minimum absolute atomic E-state index is 0.371. The van der Waals surface area contributed by atoms with Crippen LogP contribution in [-0.4, -0.2) is 25.1 Å². The lowest BCUT2D eigenvalue weighted by atomic mass is 10.1. The van der Waals surface area contributed by atoms with Gasteiger partial charge in [-0.15, -0.1) is 0 Å². The second kappa shape index (κ2) is 6.00. The smallest absolute Gasteiger partial charge is 0.322 e. The van der Waals surface area contributed by atoms with Crippen LogP contribution in [0.2, 0.25) is 0 Å². The number of hydrogen-bond donors (Lipinski definition) is 1.